The lowest BCUT2D eigenvalue weighted by Crippen LogP contribution is -2.45. The molecule has 0 atom stereocenters. The van der Waals surface area contributed by atoms with E-state index in [1.54, 1.807) is 4.90 Å². The predicted molar refractivity (Wildman–Crippen MR) is 102 cm³/mol. The van der Waals surface area contributed by atoms with Crippen LogP contribution in [0.5, 0.6) is 0 Å². The highest BCUT2D eigenvalue weighted by atomic mass is 16.4. The van der Waals surface area contributed by atoms with Crippen molar-refractivity contribution in [3.8, 4) is 0 Å². The Morgan fingerprint density at radius 2 is 1.85 bits per heavy atom. The first-order valence-corrected chi connectivity index (χ1v) is 9.37. The molecule has 0 bridgehead atoms. The third kappa shape index (κ3) is 6.11. The van der Waals surface area contributed by atoms with Gasteiger partial charge in [0.05, 0.1) is 13.1 Å². The average molecular weight is 361 g/mol. The van der Waals surface area contributed by atoms with E-state index in [0.717, 1.165) is 32.6 Å². The van der Waals surface area contributed by atoms with Crippen LogP contribution in [0.3, 0.4) is 0 Å². The van der Waals surface area contributed by atoms with Gasteiger partial charge in [0, 0.05) is 38.8 Å². The largest absolute Gasteiger partial charge is 0.480 e. The van der Waals surface area contributed by atoms with Crippen molar-refractivity contribution in [2.75, 3.05) is 39.3 Å². The van der Waals surface area contributed by atoms with Crippen LogP contribution >= 0.6 is 0 Å². The summed E-state index contributed by atoms with van der Waals surface area (Å²) >= 11 is 0. The molecular formula is C20H31N3O3. The van der Waals surface area contributed by atoms with Gasteiger partial charge in [-0.1, -0.05) is 24.3 Å². The highest BCUT2D eigenvalue weighted by Gasteiger charge is 2.23. The fourth-order valence-corrected chi connectivity index (χ4v) is 3.28. The van der Waals surface area contributed by atoms with Crippen molar-refractivity contribution in [3.63, 3.8) is 0 Å². The molecule has 0 aromatic heterocycles. The molecule has 1 saturated heterocycles. The smallest absolute Gasteiger partial charge is 0.317 e. The summed E-state index contributed by atoms with van der Waals surface area (Å²) < 4.78 is 0. The third-order valence-electron chi connectivity index (χ3n) is 5.00. The Morgan fingerprint density at radius 3 is 2.50 bits per heavy atom. The SMILES string of the molecule is Cc1ccccc1CN1CCCN(C(=O)CN(CC(=O)O)C(C)C)CC1. The Kier molecular flexibility index (Phi) is 7.60. The second-order valence-electron chi connectivity index (χ2n) is 7.33. The fraction of sp³-hybridized carbons (Fsp3) is 0.600. The predicted octanol–water partition coefficient (Wildman–Crippen LogP) is 1.82. The van der Waals surface area contributed by atoms with Crippen LogP contribution in [-0.4, -0.2) is 77.0 Å². The first-order valence-electron chi connectivity index (χ1n) is 9.37. The van der Waals surface area contributed by atoms with Crippen LogP contribution in [0, 0.1) is 6.92 Å². The van der Waals surface area contributed by atoms with Gasteiger partial charge in [0.25, 0.3) is 0 Å². The van der Waals surface area contributed by atoms with E-state index in [9.17, 15) is 9.59 Å². The van der Waals surface area contributed by atoms with Gasteiger partial charge in [-0.15, -0.1) is 0 Å². The summed E-state index contributed by atoms with van der Waals surface area (Å²) in [5.41, 5.74) is 2.63. The summed E-state index contributed by atoms with van der Waals surface area (Å²) in [6.07, 6.45) is 0.943. The van der Waals surface area contributed by atoms with Crippen LogP contribution < -0.4 is 0 Å². The van der Waals surface area contributed by atoms with Crippen molar-refractivity contribution in [2.45, 2.75) is 39.8 Å². The first kappa shape index (κ1) is 20.4. The zero-order chi connectivity index (χ0) is 19.1. The van der Waals surface area contributed by atoms with Crippen molar-refractivity contribution in [3.05, 3.63) is 35.4 Å². The van der Waals surface area contributed by atoms with Crippen molar-refractivity contribution >= 4 is 11.9 Å². The number of carboxylic acids is 1. The second-order valence-corrected chi connectivity index (χ2v) is 7.33. The molecule has 0 saturated carbocycles. The minimum Gasteiger partial charge on any atom is -0.480 e. The minimum atomic E-state index is -0.897. The van der Waals surface area contributed by atoms with E-state index in [0.29, 0.717) is 6.54 Å². The lowest BCUT2D eigenvalue weighted by Gasteiger charge is -2.28. The van der Waals surface area contributed by atoms with E-state index in [1.807, 2.05) is 18.7 Å². The maximum atomic E-state index is 12.6. The molecule has 1 heterocycles. The summed E-state index contributed by atoms with van der Waals surface area (Å²) in [6, 6.07) is 8.44. The zero-order valence-electron chi connectivity index (χ0n) is 16.1. The summed E-state index contributed by atoms with van der Waals surface area (Å²) in [6.45, 7) is 10.2. The minimum absolute atomic E-state index is 0.0256. The summed E-state index contributed by atoms with van der Waals surface area (Å²) in [4.78, 5) is 29.6. The van der Waals surface area contributed by atoms with Crippen LogP contribution in [-0.2, 0) is 16.1 Å². The molecule has 6 nitrogen and oxygen atoms in total. The van der Waals surface area contributed by atoms with Crippen LogP contribution in [0.25, 0.3) is 0 Å². The number of benzene rings is 1. The number of rotatable bonds is 7. The highest BCUT2D eigenvalue weighted by molar-refractivity contribution is 5.79. The number of hydrogen-bond acceptors (Lipinski definition) is 4. The molecular weight excluding hydrogens is 330 g/mol. The summed E-state index contributed by atoms with van der Waals surface area (Å²) in [5.74, 6) is -0.871. The summed E-state index contributed by atoms with van der Waals surface area (Å²) in [5, 5.41) is 9.03. The van der Waals surface area contributed by atoms with Crippen LogP contribution in [0.15, 0.2) is 24.3 Å². The number of carbonyl (C=O) groups is 2. The molecule has 6 heteroatoms. The van der Waals surface area contributed by atoms with Gasteiger partial charge in [-0.25, -0.2) is 0 Å². The molecule has 1 aliphatic heterocycles. The molecule has 26 heavy (non-hydrogen) atoms. The molecule has 1 aromatic rings. The van der Waals surface area contributed by atoms with E-state index in [2.05, 4.69) is 36.1 Å². The normalized spacial score (nSPS) is 16.1. The van der Waals surface area contributed by atoms with Crippen molar-refractivity contribution < 1.29 is 14.7 Å². The number of aliphatic carboxylic acids is 1. The van der Waals surface area contributed by atoms with E-state index < -0.39 is 5.97 Å². The van der Waals surface area contributed by atoms with Crippen LogP contribution in [0.1, 0.15) is 31.4 Å². The van der Waals surface area contributed by atoms with Crippen molar-refractivity contribution in [1.82, 2.24) is 14.7 Å². The van der Waals surface area contributed by atoms with Gasteiger partial charge in [-0.05, 0) is 38.3 Å². The van der Waals surface area contributed by atoms with Crippen molar-refractivity contribution in [2.24, 2.45) is 0 Å². The lowest BCUT2D eigenvalue weighted by molar-refractivity contribution is -0.140. The molecule has 1 fully saturated rings. The van der Waals surface area contributed by atoms with Gasteiger partial charge in [-0.2, -0.15) is 0 Å². The van der Waals surface area contributed by atoms with Gasteiger partial charge in [0.2, 0.25) is 5.91 Å². The number of amides is 1. The maximum absolute atomic E-state index is 12.6. The summed E-state index contributed by atoms with van der Waals surface area (Å²) in [7, 11) is 0. The molecule has 144 valence electrons. The standard InChI is InChI=1S/C20H31N3O3/c1-16(2)23(15-20(25)26)14-19(24)22-10-6-9-21(11-12-22)13-18-8-5-4-7-17(18)3/h4-5,7-8,16H,6,9-15H2,1-3H3,(H,25,26). The number of aryl methyl sites for hydroxylation is 1. The van der Waals surface area contributed by atoms with Gasteiger partial charge in [-0.3, -0.25) is 19.4 Å². The Bertz CT molecular complexity index is 618. The molecule has 1 N–H and O–H groups in total. The number of carbonyl (C=O) groups excluding carboxylic acids is 1. The average Bonchev–Trinajstić information content (AvgIpc) is 2.81. The Hall–Kier alpha value is -1.92. The number of carboxylic acid groups (broad SMARTS) is 1. The Labute approximate surface area is 156 Å². The Morgan fingerprint density at radius 1 is 1.12 bits per heavy atom. The molecule has 1 aliphatic rings. The molecule has 0 spiro atoms. The highest BCUT2D eigenvalue weighted by Crippen LogP contribution is 2.13. The van der Waals surface area contributed by atoms with E-state index in [-0.39, 0.29) is 25.0 Å². The molecule has 0 unspecified atom stereocenters. The molecule has 0 aliphatic carbocycles. The quantitative estimate of drug-likeness (QED) is 0.803. The van der Waals surface area contributed by atoms with Crippen molar-refractivity contribution in [1.29, 1.82) is 0 Å². The molecule has 0 radical (unpaired) electrons. The van der Waals surface area contributed by atoms with E-state index in [4.69, 9.17) is 5.11 Å². The lowest BCUT2D eigenvalue weighted by atomic mass is 10.1. The second kappa shape index (κ2) is 9.69. The Balaban J connectivity index is 1.89. The van der Waals surface area contributed by atoms with Gasteiger partial charge in [0.15, 0.2) is 0 Å². The third-order valence-corrected chi connectivity index (χ3v) is 5.00. The van der Waals surface area contributed by atoms with Crippen LogP contribution in [0.2, 0.25) is 0 Å². The van der Waals surface area contributed by atoms with Gasteiger partial charge < -0.3 is 10.0 Å². The van der Waals surface area contributed by atoms with Crippen LogP contribution in [0.4, 0.5) is 0 Å². The van der Waals surface area contributed by atoms with E-state index >= 15 is 0 Å². The molecule has 2 rings (SSSR count). The topological polar surface area (TPSA) is 64.1 Å². The fourth-order valence-electron chi connectivity index (χ4n) is 3.28. The number of nitrogens with zero attached hydrogens (tertiary/aromatic N) is 3. The molecule has 1 aromatic carbocycles. The number of hydrogen-bond donors (Lipinski definition) is 1. The first-order chi connectivity index (χ1) is 12.4. The molecule has 1 amide bonds. The monoisotopic (exact) mass is 361 g/mol. The maximum Gasteiger partial charge on any atom is 0.317 e. The van der Waals surface area contributed by atoms with Gasteiger partial charge >= 0.3 is 5.97 Å². The zero-order valence-corrected chi connectivity index (χ0v) is 16.1. The van der Waals surface area contributed by atoms with Gasteiger partial charge in [0.1, 0.15) is 0 Å². The van der Waals surface area contributed by atoms with E-state index in [1.165, 1.54) is 11.1 Å².